The maximum Gasteiger partial charge on any atom is 0.422 e. The lowest BCUT2D eigenvalue weighted by molar-refractivity contribution is -0.153. The zero-order chi connectivity index (χ0) is 35.6. The fourth-order valence-corrected chi connectivity index (χ4v) is 6.95. The van der Waals surface area contributed by atoms with E-state index in [2.05, 4.69) is 78.0 Å². The Hall–Kier alpha value is -4.07. The molecule has 0 spiro atoms. The van der Waals surface area contributed by atoms with Gasteiger partial charge in [-0.25, -0.2) is 13.4 Å². The van der Waals surface area contributed by atoms with Crippen molar-refractivity contribution >= 4 is 71.6 Å². The number of rotatable bonds is 10. The van der Waals surface area contributed by atoms with Crippen LogP contribution in [0.4, 0.5) is 47.8 Å². The standard InChI is InChI=1S/C31H37BrF3N11O3S/c1-19-16-24(29(49-18-31(33,34)35)42-28(19)46-10-6-20(7-11-46)45-14-12-44(2)13-15-45)40-30-38-17-21(32)27(41-30)39-23-5-4-22-25(37-9-8-36-22)26(23)43-50(3,47)48/h4-5,8-9,16-17,20,43H,6-7,10-15,18H2,1-3H3,(H2,38,39,40,41). The molecule has 1 aromatic carbocycles. The summed E-state index contributed by atoms with van der Waals surface area (Å²) in [5.74, 6) is 0.573. The first-order valence-electron chi connectivity index (χ1n) is 15.9. The summed E-state index contributed by atoms with van der Waals surface area (Å²) in [4.78, 5) is 28.9. The van der Waals surface area contributed by atoms with Gasteiger partial charge < -0.3 is 25.2 Å². The van der Waals surface area contributed by atoms with Gasteiger partial charge in [-0.1, -0.05) is 0 Å². The van der Waals surface area contributed by atoms with Crippen LogP contribution < -0.4 is 25.0 Å². The van der Waals surface area contributed by atoms with Gasteiger partial charge in [0.2, 0.25) is 21.9 Å². The van der Waals surface area contributed by atoms with Crippen LogP contribution in [-0.4, -0.2) is 115 Å². The SMILES string of the molecule is Cc1cc(Nc2ncc(Br)c(Nc3ccc4nccnc4c3NS(C)(=O)=O)n2)c(OCC(F)(F)F)nc1N1CCC(N2CCN(C)CC2)CC1. The van der Waals surface area contributed by atoms with Crippen LogP contribution in [0.15, 0.2) is 41.3 Å². The summed E-state index contributed by atoms with van der Waals surface area (Å²) in [6.07, 6.45) is 2.67. The summed E-state index contributed by atoms with van der Waals surface area (Å²) >= 11 is 3.41. The Labute approximate surface area is 296 Å². The Morgan fingerprint density at radius 1 is 0.980 bits per heavy atom. The van der Waals surface area contributed by atoms with E-state index in [9.17, 15) is 21.6 Å². The van der Waals surface area contributed by atoms with Gasteiger partial charge >= 0.3 is 6.18 Å². The van der Waals surface area contributed by atoms with Gasteiger partial charge in [-0.15, -0.1) is 0 Å². The maximum atomic E-state index is 13.3. The lowest BCUT2D eigenvalue weighted by atomic mass is 10.0. The zero-order valence-electron chi connectivity index (χ0n) is 27.6. The first kappa shape index (κ1) is 35.7. The summed E-state index contributed by atoms with van der Waals surface area (Å²) < 4.78 is 72.6. The van der Waals surface area contributed by atoms with Crippen LogP contribution in [-0.2, 0) is 10.0 Å². The molecule has 2 saturated heterocycles. The first-order valence-corrected chi connectivity index (χ1v) is 18.6. The van der Waals surface area contributed by atoms with Gasteiger partial charge in [-0.05, 0) is 66.5 Å². The second-order valence-corrected chi connectivity index (χ2v) is 15.0. The molecule has 2 aliphatic rings. The monoisotopic (exact) mass is 779 g/mol. The number of pyridine rings is 1. The molecule has 19 heteroatoms. The van der Waals surface area contributed by atoms with E-state index in [4.69, 9.17) is 4.74 Å². The minimum atomic E-state index is -4.59. The number of piperazine rings is 1. The summed E-state index contributed by atoms with van der Waals surface area (Å²) in [5, 5.41) is 6.06. The maximum absolute atomic E-state index is 13.3. The fourth-order valence-electron chi connectivity index (χ4n) is 6.08. The van der Waals surface area contributed by atoms with Crippen molar-refractivity contribution in [3.63, 3.8) is 0 Å². The highest BCUT2D eigenvalue weighted by Gasteiger charge is 2.31. The Balaban J connectivity index is 1.25. The zero-order valence-corrected chi connectivity index (χ0v) is 30.0. The number of ether oxygens (including phenoxy) is 1. The number of likely N-dealkylation sites (N-methyl/N-ethyl adjacent to an activating group) is 1. The van der Waals surface area contributed by atoms with Crippen LogP contribution in [0.2, 0.25) is 0 Å². The number of sulfonamides is 1. The van der Waals surface area contributed by atoms with Gasteiger partial charge in [-0.2, -0.15) is 23.1 Å². The van der Waals surface area contributed by atoms with E-state index in [0.29, 0.717) is 33.1 Å². The van der Waals surface area contributed by atoms with E-state index in [0.717, 1.165) is 63.9 Å². The van der Waals surface area contributed by atoms with Gasteiger partial charge in [0.05, 0.1) is 27.6 Å². The molecule has 0 saturated carbocycles. The highest BCUT2D eigenvalue weighted by molar-refractivity contribution is 9.10. The van der Waals surface area contributed by atoms with Crippen molar-refractivity contribution < 1.29 is 26.3 Å². The number of halogens is 4. The minimum Gasteiger partial charge on any atom is -0.466 e. The molecule has 5 heterocycles. The summed E-state index contributed by atoms with van der Waals surface area (Å²) in [6.45, 7) is 5.89. The molecule has 2 fully saturated rings. The van der Waals surface area contributed by atoms with Crippen molar-refractivity contribution in [2.75, 3.05) is 79.4 Å². The average Bonchev–Trinajstić information content (AvgIpc) is 3.06. The third kappa shape index (κ3) is 8.80. The summed E-state index contributed by atoms with van der Waals surface area (Å²) in [5.41, 5.74) is 2.14. The van der Waals surface area contributed by atoms with Gasteiger partial charge in [0.25, 0.3) is 0 Å². The number of fused-ring (bicyclic) bond motifs is 1. The van der Waals surface area contributed by atoms with Crippen molar-refractivity contribution in [1.82, 2.24) is 34.7 Å². The molecule has 3 N–H and O–H groups in total. The number of alkyl halides is 3. The third-order valence-electron chi connectivity index (χ3n) is 8.51. The van der Waals surface area contributed by atoms with Crippen LogP contribution in [0.5, 0.6) is 5.88 Å². The molecule has 268 valence electrons. The Morgan fingerprint density at radius 3 is 2.40 bits per heavy atom. The Morgan fingerprint density at radius 2 is 1.70 bits per heavy atom. The molecular formula is C31H37BrF3N11O3S. The van der Waals surface area contributed by atoms with Crippen molar-refractivity contribution in [2.45, 2.75) is 32.0 Å². The van der Waals surface area contributed by atoms with Gasteiger partial charge in [0.1, 0.15) is 22.8 Å². The number of nitrogens with zero attached hydrogens (tertiary/aromatic N) is 8. The predicted molar refractivity (Wildman–Crippen MR) is 189 cm³/mol. The van der Waals surface area contributed by atoms with Crippen LogP contribution in [0.1, 0.15) is 18.4 Å². The molecule has 2 aliphatic heterocycles. The minimum absolute atomic E-state index is 0.0210. The molecule has 0 aliphatic carbocycles. The van der Waals surface area contributed by atoms with Crippen molar-refractivity contribution in [3.8, 4) is 5.88 Å². The lowest BCUT2D eigenvalue weighted by Crippen LogP contribution is -2.52. The molecule has 0 radical (unpaired) electrons. The van der Waals surface area contributed by atoms with E-state index in [1.54, 1.807) is 18.2 Å². The van der Waals surface area contributed by atoms with Gasteiger partial charge in [0, 0.05) is 63.9 Å². The van der Waals surface area contributed by atoms with Crippen LogP contribution in [0.25, 0.3) is 11.0 Å². The van der Waals surface area contributed by atoms with E-state index in [1.807, 2.05) is 6.92 Å². The quantitative estimate of drug-likeness (QED) is 0.200. The molecule has 14 nitrogen and oxygen atoms in total. The fraction of sp³-hybridized carbons (Fsp3) is 0.452. The number of anilines is 6. The predicted octanol–water partition coefficient (Wildman–Crippen LogP) is 4.90. The van der Waals surface area contributed by atoms with E-state index in [-0.39, 0.29) is 29.0 Å². The second-order valence-electron chi connectivity index (χ2n) is 12.4. The smallest absolute Gasteiger partial charge is 0.422 e. The normalized spacial score (nSPS) is 16.8. The van der Waals surface area contributed by atoms with Crippen molar-refractivity contribution in [3.05, 3.63) is 46.8 Å². The summed E-state index contributed by atoms with van der Waals surface area (Å²) in [6, 6.07) is 5.42. The van der Waals surface area contributed by atoms with E-state index < -0.39 is 22.8 Å². The molecule has 6 rings (SSSR count). The number of benzene rings is 1. The molecule has 0 bridgehead atoms. The van der Waals surface area contributed by atoms with Crippen molar-refractivity contribution in [2.24, 2.45) is 0 Å². The van der Waals surface area contributed by atoms with Gasteiger partial charge in [0.15, 0.2) is 6.61 Å². The van der Waals surface area contributed by atoms with Crippen molar-refractivity contribution in [1.29, 1.82) is 0 Å². The number of hydrogen-bond donors (Lipinski definition) is 3. The largest absolute Gasteiger partial charge is 0.466 e. The molecule has 50 heavy (non-hydrogen) atoms. The van der Waals surface area contributed by atoms with Crippen LogP contribution in [0, 0.1) is 6.92 Å². The summed E-state index contributed by atoms with van der Waals surface area (Å²) in [7, 11) is -1.58. The molecule has 0 unspecified atom stereocenters. The molecule has 4 aromatic rings. The van der Waals surface area contributed by atoms with E-state index in [1.165, 1.54) is 18.6 Å². The topological polar surface area (TPSA) is 154 Å². The third-order valence-corrected chi connectivity index (χ3v) is 9.67. The highest BCUT2D eigenvalue weighted by Crippen LogP contribution is 2.36. The van der Waals surface area contributed by atoms with E-state index >= 15 is 0 Å². The molecule has 0 atom stereocenters. The molecular weight excluding hydrogens is 743 g/mol. The average molecular weight is 781 g/mol. The van der Waals surface area contributed by atoms with Crippen LogP contribution >= 0.6 is 15.9 Å². The number of piperidine rings is 1. The Kier molecular flexibility index (Phi) is 10.5. The number of aryl methyl sites for hydroxylation is 1. The highest BCUT2D eigenvalue weighted by atomic mass is 79.9. The Bertz CT molecular complexity index is 1960. The first-order chi connectivity index (χ1) is 23.7. The molecule has 3 aromatic heterocycles. The lowest BCUT2D eigenvalue weighted by Gasteiger charge is -2.42. The van der Waals surface area contributed by atoms with Gasteiger partial charge in [-0.3, -0.25) is 19.6 Å². The second kappa shape index (κ2) is 14.7. The molecule has 0 amide bonds. The number of hydrogen-bond acceptors (Lipinski definition) is 13. The number of nitrogens with one attached hydrogen (secondary N) is 3. The van der Waals surface area contributed by atoms with Crippen LogP contribution in [0.3, 0.4) is 0 Å². The number of aromatic nitrogens is 5.